The summed E-state index contributed by atoms with van der Waals surface area (Å²) in [6, 6.07) is 0. The van der Waals surface area contributed by atoms with Crippen LogP contribution in [0.3, 0.4) is 0 Å². The molecule has 72 valence electrons. The first-order chi connectivity index (χ1) is 5.00. The Hall–Kier alpha value is 0.999. The van der Waals surface area contributed by atoms with E-state index < -0.39 is 20.8 Å². The van der Waals surface area contributed by atoms with Crippen molar-refractivity contribution < 1.29 is 39.2 Å². The molecular weight excluding hydrogens is 259 g/mol. The number of hydrogen-bond donors (Lipinski definition) is 1. The molecule has 0 saturated heterocycles. The third kappa shape index (κ3) is 1580. The van der Waals surface area contributed by atoms with Gasteiger partial charge in [0.1, 0.15) is 0 Å². The summed E-state index contributed by atoms with van der Waals surface area (Å²) in [6.07, 6.45) is 0. The second-order valence-electron chi connectivity index (χ2n) is 0.816. The normalized spacial score (nSPS) is 9.46. The SMILES string of the molecule is O=S(=O)([O-])[O-].O=S(=O)([O-])[O-].[Mg+2].[OH][Al+2]. The van der Waals surface area contributed by atoms with Crippen LogP contribution < -0.4 is 0 Å². The molecule has 13 heavy (non-hydrogen) atoms. The predicted octanol–water partition coefficient (Wildman–Crippen LogP) is -3.99. The average Bonchev–Trinajstić information content (AvgIpc) is 1.59. The summed E-state index contributed by atoms with van der Waals surface area (Å²) >= 11 is 1.42. The monoisotopic (exact) mass is 260 g/mol. The van der Waals surface area contributed by atoms with E-state index in [1.165, 1.54) is 16.6 Å². The summed E-state index contributed by atoms with van der Waals surface area (Å²) in [6.45, 7) is 0. The molecule has 0 atom stereocenters. The van der Waals surface area contributed by atoms with Crippen molar-refractivity contribution in [1.82, 2.24) is 0 Å². The quantitative estimate of drug-likeness (QED) is 0.258. The van der Waals surface area contributed by atoms with E-state index in [-0.39, 0.29) is 23.1 Å². The number of rotatable bonds is 0. The van der Waals surface area contributed by atoms with Crippen LogP contribution in [0.15, 0.2) is 0 Å². The van der Waals surface area contributed by atoms with Crippen LogP contribution in [0.25, 0.3) is 0 Å². The number of hydrogen-bond acceptors (Lipinski definition) is 9. The molecule has 0 heterocycles. The Morgan fingerprint density at radius 1 is 0.769 bits per heavy atom. The van der Waals surface area contributed by atoms with Crippen LogP contribution in [0.2, 0.25) is 0 Å². The molecule has 0 aliphatic carbocycles. The first kappa shape index (κ1) is 23.7. The van der Waals surface area contributed by atoms with Gasteiger partial charge in [-0.3, -0.25) is 16.8 Å². The molecule has 1 N–H and O–H groups in total. The topological polar surface area (TPSA) is 181 Å². The zero-order valence-electron chi connectivity index (χ0n) is 5.81. The van der Waals surface area contributed by atoms with E-state index in [0.29, 0.717) is 0 Å². The molecule has 0 bridgehead atoms. The van der Waals surface area contributed by atoms with Gasteiger partial charge in [0.2, 0.25) is 0 Å². The van der Waals surface area contributed by atoms with Crippen LogP contribution in [0, 0.1) is 0 Å². The summed E-state index contributed by atoms with van der Waals surface area (Å²) in [4.78, 5) is 0. The van der Waals surface area contributed by atoms with Crippen molar-refractivity contribution in [3.63, 3.8) is 0 Å². The van der Waals surface area contributed by atoms with Crippen LogP contribution >= 0.6 is 0 Å². The van der Waals surface area contributed by atoms with Gasteiger partial charge in [-0.1, -0.05) is 0 Å². The maximum absolute atomic E-state index is 8.52. The van der Waals surface area contributed by atoms with Gasteiger partial charge in [0.05, 0.1) is 0 Å². The van der Waals surface area contributed by atoms with Crippen LogP contribution in [0.4, 0.5) is 0 Å². The van der Waals surface area contributed by atoms with Crippen molar-refractivity contribution in [1.29, 1.82) is 0 Å². The van der Waals surface area contributed by atoms with E-state index in [4.69, 9.17) is 39.2 Å². The molecule has 0 radical (unpaired) electrons. The van der Waals surface area contributed by atoms with Gasteiger partial charge in [0, 0.05) is 20.8 Å². The van der Waals surface area contributed by atoms with Crippen molar-refractivity contribution in [3.05, 3.63) is 0 Å². The van der Waals surface area contributed by atoms with Crippen LogP contribution in [0.1, 0.15) is 0 Å². The Morgan fingerprint density at radius 2 is 0.769 bits per heavy atom. The zero-order chi connectivity index (χ0) is 11.0. The minimum absolute atomic E-state index is 0. The first-order valence-corrected chi connectivity index (χ1v) is 4.77. The van der Waals surface area contributed by atoms with Crippen molar-refractivity contribution in [2.75, 3.05) is 0 Å². The van der Waals surface area contributed by atoms with Gasteiger partial charge in [-0.25, -0.2) is 0 Å². The van der Waals surface area contributed by atoms with E-state index in [1.54, 1.807) is 0 Å². The predicted molar refractivity (Wildman–Crippen MR) is 34.7 cm³/mol. The molecule has 0 aromatic heterocycles. The fourth-order valence-corrected chi connectivity index (χ4v) is 0. The van der Waals surface area contributed by atoms with E-state index in [9.17, 15) is 0 Å². The summed E-state index contributed by atoms with van der Waals surface area (Å²) in [7, 11) is -10.3. The van der Waals surface area contributed by atoms with E-state index in [2.05, 4.69) is 0 Å². The average molecular weight is 260 g/mol. The molecule has 0 rings (SSSR count). The molecule has 0 fully saturated rings. The molecule has 13 heteroatoms. The van der Waals surface area contributed by atoms with Crippen LogP contribution in [-0.4, -0.2) is 78.9 Å². The second kappa shape index (κ2) is 11.1. The molecular formula is HAlMgO9S2. The molecule has 0 unspecified atom stereocenters. The van der Waals surface area contributed by atoms with Crippen molar-refractivity contribution in [2.24, 2.45) is 0 Å². The van der Waals surface area contributed by atoms with Gasteiger partial charge < -0.3 is 18.2 Å². The second-order valence-corrected chi connectivity index (χ2v) is 2.45. The standard InChI is InChI=1S/Al.Mg.2H2O4S.H2O/c;;2*1-5(2,3)4;/h;;2*(H2,1,2,3,4);1H2/q+3;+2;;;/p-5. The Balaban J connectivity index is -0.0000000491. The molecule has 0 amide bonds. The van der Waals surface area contributed by atoms with Gasteiger partial charge in [0.25, 0.3) is 0 Å². The molecule has 0 spiro atoms. The molecule has 0 aromatic carbocycles. The summed E-state index contributed by atoms with van der Waals surface area (Å²) in [5, 5.41) is 0. The fraction of sp³-hybridized carbons (Fsp3) is 0. The third-order valence-corrected chi connectivity index (χ3v) is 0. The van der Waals surface area contributed by atoms with Gasteiger partial charge in [-0.05, 0) is 0 Å². The van der Waals surface area contributed by atoms with Crippen molar-refractivity contribution in [3.8, 4) is 0 Å². The van der Waals surface area contributed by atoms with E-state index in [0.717, 1.165) is 0 Å². The molecule has 0 aromatic rings. The van der Waals surface area contributed by atoms with Crippen molar-refractivity contribution in [2.45, 2.75) is 0 Å². The summed E-state index contributed by atoms with van der Waals surface area (Å²) in [5.74, 6) is 0. The van der Waals surface area contributed by atoms with Gasteiger partial charge in [-0.2, -0.15) is 0 Å². The summed E-state index contributed by atoms with van der Waals surface area (Å²) < 4.78 is 75.1. The van der Waals surface area contributed by atoms with Gasteiger partial charge in [-0.15, -0.1) is 0 Å². The van der Waals surface area contributed by atoms with Crippen LogP contribution in [0.5, 0.6) is 0 Å². The molecule has 0 aliphatic rings. The van der Waals surface area contributed by atoms with Crippen molar-refractivity contribution >= 4 is 60.5 Å². The van der Waals surface area contributed by atoms with Gasteiger partial charge in [0.15, 0.2) is 0 Å². The Kier molecular flexibility index (Phi) is 20.2. The third-order valence-electron chi connectivity index (χ3n) is 0. The van der Waals surface area contributed by atoms with E-state index >= 15 is 0 Å². The molecule has 0 aliphatic heterocycles. The Bertz CT molecular complexity index is 214. The first-order valence-electron chi connectivity index (χ1n) is 1.59. The molecule has 0 saturated carbocycles. The van der Waals surface area contributed by atoms with E-state index in [1.807, 2.05) is 0 Å². The zero-order valence-corrected chi connectivity index (χ0v) is 10.0. The Labute approximate surface area is 99.2 Å². The minimum atomic E-state index is -5.17. The van der Waals surface area contributed by atoms with Gasteiger partial charge >= 0.3 is 43.8 Å². The fourth-order valence-electron chi connectivity index (χ4n) is 0. The molecule has 9 nitrogen and oxygen atoms in total. The van der Waals surface area contributed by atoms with Crippen LogP contribution in [-0.2, 0) is 20.8 Å². The Morgan fingerprint density at radius 3 is 0.769 bits per heavy atom. The summed E-state index contributed by atoms with van der Waals surface area (Å²) in [5.41, 5.74) is 0. The maximum atomic E-state index is 8.52.